The van der Waals surface area contributed by atoms with Gasteiger partial charge in [0.1, 0.15) is 6.10 Å². The van der Waals surface area contributed by atoms with Gasteiger partial charge in [0.05, 0.1) is 13.2 Å². The molecular weight excluding hydrogens is 298 g/mol. The standard InChI is InChI=1S/C16H23N3O4/c1-3-22-9-8-18(12-20)13-4-6-14(7-5-13)19-11-15(10-17-2)23-16(19)21/h4-7,12,15,17H,3,8-11H2,1-2H3. The van der Waals surface area contributed by atoms with E-state index >= 15 is 0 Å². The molecule has 2 rings (SSSR count). The van der Waals surface area contributed by atoms with Crippen molar-refractivity contribution in [3.63, 3.8) is 0 Å². The van der Waals surface area contributed by atoms with Gasteiger partial charge in [-0.2, -0.15) is 0 Å². The van der Waals surface area contributed by atoms with Crippen LogP contribution in [0.15, 0.2) is 24.3 Å². The van der Waals surface area contributed by atoms with E-state index in [1.165, 1.54) is 0 Å². The lowest BCUT2D eigenvalue weighted by Crippen LogP contribution is -2.29. The van der Waals surface area contributed by atoms with Gasteiger partial charge in [-0.25, -0.2) is 4.79 Å². The van der Waals surface area contributed by atoms with Crippen molar-refractivity contribution in [3.8, 4) is 0 Å². The van der Waals surface area contributed by atoms with Crippen LogP contribution in [0.3, 0.4) is 0 Å². The molecule has 1 atom stereocenters. The highest BCUT2D eigenvalue weighted by atomic mass is 16.6. The van der Waals surface area contributed by atoms with Crippen LogP contribution in [0.2, 0.25) is 0 Å². The van der Waals surface area contributed by atoms with Gasteiger partial charge in [0.2, 0.25) is 6.41 Å². The van der Waals surface area contributed by atoms with Crippen LogP contribution in [0.4, 0.5) is 16.2 Å². The second kappa shape index (κ2) is 8.50. The summed E-state index contributed by atoms with van der Waals surface area (Å²) in [6, 6.07) is 7.26. The molecule has 0 saturated carbocycles. The largest absolute Gasteiger partial charge is 0.443 e. The Balaban J connectivity index is 2.01. The molecule has 0 radical (unpaired) electrons. The van der Waals surface area contributed by atoms with Gasteiger partial charge in [0.15, 0.2) is 0 Å². The summed E-state index contributed by atoms with van der Waals surface area (Å²) in [6.45, 7) is 4.65. The second-order valence-electron chi connectivity index (χ2n) is 5.19. The van der Waals surface area contributed by atoms with Gasteiger partial charge in [-0.05, 0) is 38.2 Å². The van der Waals surface area contributed by atoms with E-state index in [0.717, 1.165) is 17.8 Å². The number of nitrogens with zero attached hydrogens (tertiary/aromatic N) is 2. The third kappa shape index (κ3) is 4.43. The normalized spacial score (nSPS) is 17.2. The Morgan fingerprint density at radius 3 is 2.78 bits per heavy atom. The first-order valence-electron chi connectivity index (χ1n) is 7.72. The minimum atomic E-state index is -0.346. The molecule has 0 bridgehead atoms. The maximum Gasteiger partial charge on any atom is 0.414 e. The van der Waals surface area contributed by atoms with Crippen LogP contribution in [0.25, 0.3) is 0 Å². The number of carbonyl (C=O) groups is 2. The molecule has 7 nitrogen and oxygen atoms in total. The summed E-state index contributed by atoms with van der Waals surface area (Å²) < 4.78 is 10.5. The lowest BCUT2D eigenvalue weighted by molar-refractivity contribution is -0.107. The molecule has 1 aromatic carbocycles. The minimum Gasteiger partial charge on any atom is -0.443 e. The van der Waals surface area contributed by atoms with Crippen molar-refractivity contribution in [2.24, 2.45) is 0 Å². The van der Waals surface area contributed by atoms with Gasteiger partial charge in [-0.3, -0.25) is 9.69 Å². The fourth-order valence-corrected chi connectivity index (χ4v) is 2.44. The number of hydrogen-bond donors (Lipinski definition) is 1. The predicted octanol–water partition coefficient (Wildman–Crippen LogP) is 1.23. The average molecular weight is 321 g/mol. The molecule has 7 heteroatoms. The molecule has 23 heavy (non-hydrogen) atoms. The van der Waals surface area contributed by atoms with Crippen LogP contribution in [0, 0.1) is 0 Å². The molecule has 126 valence electrons. The molecular formula is C16H23N3O4. The summed E-state index contributed by atoms with van der Waals surface area (Å²) in [6.07, 6.45) is 0.285. The van der Waals surface area contributed by atoms with Gasteiger partial charge in [0, 0.05) is 31.1 Å². The quantitative estimate of drug-likeness (QED) is 0.547. The summed E-state index contributed by atoms with van der Waals surface area (Å²) in [5.74, 6) is 0. The highest BCUT2D eigenvalue weighted by molar-refractivity contribution is 5.90. The number of ether oxygens (including phenoxy) is 2. The Bertz CT molecular complexity index is 521. The molecule has 1 aliphatic heterocycles. The molecule has 1 aromatic rings. The molecule has 1 heterocycles. The average Bonchev–Trinajstić information content (AvgIpc) is 2.93. The first-order valence-corrected chi connectivity index (χ1v) is 7.72. The van der Waals surface area contributed by atoms with Gasteiger partial charge in [-0.15, -0.1) is 0 Å². The number of hydrogen-bond acceptors (Lipinski definition) is 5. The highest BCUT2D eigenvalue weighted by Gasteiger charge is 2.31. The SMILES string of the molecule is CCOCCN(C=O)c1ccc(N2CC(CNC)OC2=O)cc1. The molecule has 0 aliphatic carbocycles. The topological polar surface area (TPSA) is 71.1 Å². The molecule has 1 aliphatic rings. The Labute approximate surface area is 136 Å². The summed E-state index contributed by atoms with van der Waals surface area (Å²) >= 11 is 0. The van der Waals surface area contributed by atoms with Crippen LogP contribution in [0.1, 0.15) is 6.92 Å². The summed E-state index contributed by atoms with van der Waals surface area (Å²) in [5.41, 5.74) is 1.52. The zero-order valence-electron chi connectivity index (χ0n) is 13.5. The Morgan fingerprint density at radius 2 is 2.17 bits per heavy atom. The number of rotatable bonds is 9. The molecule has 1 N–H and O–H groups in total. The van der Waals surface area contributed by atoms with Gasteiger partial charge < -0.3 is 19.7 Å². The van der Waals surface area contributed by atoms with E-state index in [-0.39, 0.29) is 12.2 Å². The number of carbonyl (C=O) groups excluding carboxylic acids is 2. The van der Waals surface area contributed by atoms with Crippen LogP contribution in [-0.4, -0.2) is 58.5 Å². The summed E-state index contributed by atoms with van der Waals surface area (Å²) in [5, 5.41) is 3.00. The zero-order valence-corrected chi connectivity index (χ0v) is 13.5. The van der Waals surface area contributed by atoms with E-state index in [1.807, 2.05) is 38.2 Å². The first-order chi connectivity index (χ1) is 11.2. The van der Waals surface area contributed by atoms with E-state index in [4.69, 9.17) is 9.47 Å². The smallest absolute Gasteiger partial charge is 0.414 e. The fraction of sp³-hybridized carbons (Fsp3) is 0.500. The monoisotopic (exact) mass is 321 g/mol. The molecule has 0 spiro atoms. The first kappa shape index (κ1) is 17.2. The van der Waals surface area contributed by atoms with Crippen molar-refractivity contribution in [3.05, 3.63) is 24.3 Å². The van der Waals surface area contributed by atoms with E-state index in [1.54, 1.807) is 9.80 Å². The van der Waals surface area contributed by atoms with Crippen LogP contribution in [0.5, 0.6) is 0 Å². The third-order valence-corrected chi connectivity index (χ3v) is 3.61. The zero-order chi connectivity index (χ0) is 16.7. The maximum atomic E-state index is 11.9. The van der Waals surface area contributed by atoms with Gasteiger partial charge in [0.25, 0.3) is 0 Å². The van der Waals surface area contributed by atoms with Crippen LogP contribution < -0.4 is 15.1 Å². The fourth-order valence-electron chi connectivity index (χ4n) is 2.44. The minimum absolute atomic E-state index is 0.148. The van der Waals surface area contributed by atoms with Crippen molar-refractivity contribution in [2.45, 2.75) is 13.0 Å². The Morgan fingerprint density at radius 1 is 1.43 bits per heavy atom. The van der Waals surface area contributed by atoms with Crippen molar-refractivity contribution < 1.29 is 19.1 Å². The lowest BCUT2D eigenvalue weighted by Gasteiger charge is -2.19. The molecule has 1 fully saturated rings. The lowest BCUT2D eigenvalue weighted by atomic mass is 10.2. The number of amides is 2. The van der Waals surface area contributed by atoms with E-state index in [2.05, 4.69) is 5.32 Å². The molecule has 1 saturated heterocycles. The van der Waals surface area contributed by atoms with Crippen molar-refractivity contribution in [1.82, 2.24) is 5.32 Å². The Kier molecular flexibility index (Phi) is 6.37. The molecule has 2 amide bonds. The van der Waals surface area contributed by atoms with Gasteiger partial charge >= 0.3 is 6.09 Å². The van der Waals surface area contributed by atoms with E-state index in [0.29, 0.717) is 32.8 Å². The number of likely N-dealkylation sites (N-methyl/N-ethyl adjacent to an activating group) is 1. The van der Waals surface area contributed by atoms with Gasteiger partial charge in [-0.1, -0.05) is 0 Å². The maximum absolute atomic E-state index is 11.9. The summed E-state index contributed by atoms with van der Waals surface area (Å²) in [4.78, 5) is 26.3. The third-order valence-electron chi connectivity index (χ3n) is 3.61. The van der Waals surface area contributed by atoms with E-state index in [9.17, 15) is 9.59 Å². The highest BCUT2D eigenvalue weighted by Crippen LogP contribution is 2.24. The Hall–Kier alpha value is -2.12. The van der Waals surface area contributed by atoms with Crippen LogP contribution in [-0.2, 0) is 14.3 Å². The number of cyclic esters (lactones) is 1. The number of anilines is 2. The predicted molar refractivity (Wildman–Crippen MR) is 87.9 cm³/mol. The number of benzene rings is 1. The van der Waals surface area contributed by atoms with Crippen molar-refractivity contribution >= 4 is 23.9 Å². The van der Waals surface area contributed by atoms with Crippen molar-refractivity contribution in [1.29, 1.82) is 0 Å². The molecule has 0 aromatic heterocycles. The molecule has 1 unspecified atom stereocenters. The van der Waals surface area contributed by atoms with E-state index < -0.39 is 0 Å². The summed E-state index contributed by atoms with van der Waals surface area (Å²) in [7, 11) is 1.82. The number of nitrogens with one attached hydrogen (secondary N) is 1. The van der Waals surface area contributed by atoms with Crippen LogP contribution >= 0.6 is 0 Å². The second-order valence-corrected chi connectivity index (χ2v) is 5.19. The van der Waals surface area contributed by atoms with Crippen molar-refractivity contribution in [2.75, 3.05) is 49.7 Å².